The number of nitrogens with zero attached hydrogens (tertiary/aromatic N) is 2. The number of carbonyl (C=O) groups excluding carboxylic acids is 1. The second-order valence-corrected chi connectivity index (χ2v) is 7.02. The van der Waals surface area contributed by atoms with E-state index < -0.39 is 0 Å². The zero-order chi connectivity index (χ0) is 18.6. The summed E-state index contributed by atoms with van der Waals surface area (Å²) in [4.78, 5) is 12.3. The predicted molar refractivity (Wildman–Crippen MR) is 101 cm³/mol. The van der Waals surface area contributed by atoms with Gasteiger partial charge in [-0.25, -0.2) is 0 Å². The standard InChI is InChI=1S/C20H22N4O2/c1-20(2,3)14-6-8-15(9-7-14)22-19(25)17-10-11-18(24-23-17)21-13-16-5-4-12-26-16/h4-12H,13H2,1-3H3,(H,21,24)(H,22,25). The van der Waals surface area contributed by atoms with E-state index in [1.54, 1.807) is 18.4 Å². The fourth-order valence-electron chi connectivity index (χ4n) is 2.39. The number of rotatable bonds is 5. The largest absolute Gasteiger partial charge is 0.467 e. The van der Waals surface area contributed by atoms with Crippen LogP contribution in [0.3, 0.4) is 0 Å². The Morgan fingerprint density at radius 3 is 2.38 bits per heavy atom. The smallest absolute Gasteiger partial charge is 0.276 e. The molecule has 0 saturated heterocycles. The SMILES string of the molecule is CC(C)(C)c1ccc(NC(=O)c2ccc(NCc3ccco3)nn2)cc1. The molecule has 134 valence electrons. The lowest BCUT2D eigenvalue weighted by atomic mass is 9.87. The van der Waals surface area contributed by atoms with Gasteiger partial charge in [0.15, 0.2) is 5.69 Å². The van der Waals surface area contributed by atoms with Gasteiger partial charge in [-0.15, -0.1) is 10.2 Å². The molecule has 0 atom stereocenters. The molecular weight excluding hydrogens is 328 g/mol. The quantitative estimate of drug-likeness (QED) is 0.720. The van der Waals surface area contributed by atoms with Crippen molar-refractivity contribution in [3.8, 4) is 0 Å². The second-order valence-electron chi connectivity index (χ2n) is 7.02. The molecule has 1 amide bonds. The number of benzene rings is 1. The van der Waals surface area contributed by atoms with Crippen molar-refractivity contribution < 1.29 is 9.21 Å². The van der Waals surface area contributed by atoms with Gasteiger partial charge in [-0.3, -0.25) is 4.79 Å². The Hall–Kier alpha value is -3.15. The zero-order valence-electron chi connectivity index (χ0n) is 15.1. The number of amides is 1. The van der Waals surface area contributed by atoms with Crippen LogP contribution in [-0.4, -0.2) is 16.1 Å². The van der Waals surface area contributed by atoms with E-state index in [4.69, 9.17) is 4.42 Å². The molecule has 0 aliphatic rings. The molecule has 0 fully saturated rings. The number of furan rings is 1. The number of nitrogens with one attached hydrogen (secondary N) is 2. The summed E-state index contributed by atoms with van der Waals surface area (Å²) in [5.74, 6) is 1.08. The third-order valence-electron chi connectivity index (χ3n) is 3.93. The minimum atomic E-state index is -0.293. The Kier molecular flexibility index (Phi) is 5.02. The van der Waals surface area contributed by atoms with E-state index in [2.05, 4.69) is 41.6 Å². The molecule has 0 unspecified atom stereocenters. The number of carbonyl (C=O) groups is 1. The first-order valence-corrected chi connectivity index (χ1v) is 8.44. The molecule has 0 radical (unpaired) electrons. The van der Waals surface area contributed by atoms with E-state index in [1.807, 2.05) is 36.4 Å². The third kappa shape index (κ3) is 4.47. The number of hydrogen-bond donors (Lipinski definition) is 2. The zero-order valence-corrected chi connectivity index (χ0v) is 15.1. The molecule has 2 aromatic heterocycles. The summed E-state index contributed by atoms with van der Waals surface area (Å²) in [5, 5.41) is 13.9. The van der Waals surface area contributed by atoms with Gasteiger partial charge in [0, 0.05) is 5.69 Å². The summed E-state index contributed by atoms with van der Waals surface area (Å²) in [7, 11) is 0. The van der Waals surface area contributed by atoms with Gasteiger partial charge >= 0.3 is 0 Å². The van der Waals surface area contributed by atoms with Gasteiger partial charge in [-0.1, -0.05) is 32.9 Å². The lowest BCUT2D eigenvalue weighted by Crippen LogP contribution is -2.15. The fourth-order valence-corrected chi connectivity index (χ4v) is 2.39. The summed E-state index contributed by atoms with van der Waals surface area (Å²) in [6, 6.07) is 14.9. The molecule has 0 aliphatic carbocycles. The average molecular weight is 350 g/mol. The van der Waals surface area contributed by atoms with Crippen LogP contribution in [0.1, 0.15) is 42.6 Å². The molecule has 26 heavy (non-hydrogen) atoms. The predicted octanol–water partition coefficient (Wildman–Crippen LogP) is 4.23. The summed E-state index contributed by atoms with van der Waals surface area (Å²) < 4.78 is 5.24. The van der Waals surface area contributed by atoms with Crippen LogP contribution < -0.4 is 10.6 Å². The number of hydrogen-bond acceptors (Lipinski definition) is 5. The first-order valence-electron chi connectivity index (χ1n) is 8.44. The monoisotopic (exact) mass is 350 g/mol. The van der Waals surface area contributed by atoms with Gasteiger partial charge in [-0.2, -0.15) is 0 Å². The van der Waals surface area contributed by atoms with E-state index in [1.165, 1.54) is 5.56 Å². The highest BCUT2D eigenvalue weighted by molar-refractivity contribution is 6.02. The minimum Gasteiger partial charge on any atom is -0.467 e. The van der Waals surface area contributed by atoms with E-state index in [0.29, 0.717) is 12.4 Å². The van der Waals surface area contributed by atoms with Crippen LogP contribution in [0.25, 0.3) is 0 Å². The highest BCUT2D eigenvalue weighted by Gasteiger charge is 2.14. The molecule has 1 aromatic carbocycles. The summed E-state index contributed by atoms with van der Waals surface area (Å²) in [6.07, 6.45) is 1.62. The molecule has 2 heterocycles. The van der Waals surface area contributed by atoms with Crippen LogP contribution in [0, 0.1) is 0 Å². The van der Waals surface area contributed by atoms with Crippen LogP contribution in [0.2, 0.25) is 0 Å². The van der Waals surface area contributed by atoms with Gasteiger partial charge in [0.1, 0.15) is 11.6 Å². The maximum Gasteiger partial charge on any atom is 0.276 e. The fraction of sp³-hybridized carbons (Fsp3) is 0.250. The van der Waals surface area contributed by atoms with E-state index in [9.17, 15) is 4.79 Å². The second kappa shape index (κ2) is 7.39. The van der Waals surface area contributed by atoms with Crippen LogP contribution in [0.4, 0.5) is 11.5 Å². The Balaban J connectivity index is 1.59. The summed E-state index contributed by atoms with van der Waals surface area (Å²) in [5.41, 5.74) is 2.27. The van der Waals surface area contributed by atoms with Crippen LogP contribution in [0.5, 0.6) is 0 Å². The topological polar surface area (TPSA) is 80.0 Å². The Morgan fingerprint density at radius 2 is 1.81 bits per heavy atom. The maximum absolute atomic E-state index is 12.3. The minimum absolute atomic E-state index is 0.0759. The summed E-state index contributed by atoms with van der Waals surface area (Å²) in [6.45, 7) is 6.96. The van der Waals surface area contributed by atoms with Gasteiger partial charge in [0.2, 0.25) is 0 Å². The molecule has 3 rings (SSSR count). The van der Waals surface area contributed by atoms with Crippen LogP contribution in [-0.2, 0) is 12.0 Å². The van der Waals surface area contributed by atoms with Gasteiger partial charge in [-0.05, 0) is 47.4 Å². The Labute approximate surface area is 152 Å². The molecule has 6 nitrogen and oxygen atoms in total. The molecule has 3 aromatic rings. The van der Waals surface area contributed by atoms with Crippen LogP contribution in [0.15, 0.2) is 59.2 Å². The van der Waals surface area contributed by atoms with Gasteiger partial charge in [0.05, 0.1) is 12.8 Å². The maximum atomic E-state index is 12.3. The molecule has 2 N–H and O–H groups in total. The lowest BCUT2D eigenvalue weighted by molar-refractivity contribution is 0.102. The van der Waals surface area contributed by atoms with E-state index in [0.717, 1.165) is 11.4 Å². The number of aromatic nitrogens is 2. The van der Waals surface area contributed by atoms with E-state index in [-0.39, 0.29) is 17.0 Å². The van der Waals surface area contributed by atoms with Crippen molar-refractivity contribution in [2.24, 2.45) is 0 Å². The van der Waals surface area contributed by atoms with Crippen molar-refractivity contribution >= 4 is 17.4 Å². The third-order valence-corrected chi connectivity index (χ3v) is 3.93. The van der Waals surface area contributed by atoms with Crippen molar-refractivity contribution in [1.29, 1.82) is 0 Å². The van der Waals surface area contributed by atoms with Crippen molar-refractivity contribution in [3.63, 3.8) is 0 Å². The van der Waals surface area contributed by atoms with Crippen molar-refractivity contribution in [2.75, 3.05) is 10.6 Å². The Morgan fingerprint density at radius 1 is 1.04 bits per heavy atom. The molecular formula is C20H22N4O2. The molecule has 0 spiro atoms. The van der Waals surface area contributed by atoms with Crippen molar-refractivity contribution in [1.82, 2.24) is 10.2 Å². The average Bonchev–Trinajstić information content (AvgIpc) is 3.13. The van der Waals surface area contributed by atoms with Crippen molar-refractivity contribution in [2.45, 2.75) is 32.7 Å². The van der Waals surface area contributed by atoms with E-state index >= 15 is 0 Å². The summed E-state index contributed by atoms with van der Waals surface area (Å²) >= 11 is 0. The molecule has 6 heteroatoms. The highest BCUT2D eigenvalue weighted by Crippen LogP contribution is 2.23. The Bertz CT molecular complexity index is 848. The highest BCUT2D eigenvalue weighted by atomic mass is 16.3. The van der Waals surface area contributed by atoms with Crippen LogP contribution >= 0.6 is 0 Å². The molecule has 0 saturated carbocycles. The first-order chi connectivity index (χ1) is 12.4. The van der Waals surface area contributed by atoms with Gasteiger partial charge < -0.3 is 15.1 Å². The van der Waals surface area contributed by atoms with Gasteiger partial charge in [0.25, 0.3) is 5.91 Å². The van der Waals surface area contributed by atoms with Crippen molar-refractivity contribution in [3.05, 3.63) is 71.8 Å². The normalized spacial score (nSPS) is 11.2. The molecule has 0 aliphatic heterocycles. The lowest BCUT2D eigenvalue weighted by Gasteiger charge is -2.19. The first kappa shape index (κ1) is 17.7. The molecule has 0 bridgehead atoms. The number of anilines is 2.